The molecule has 1 atom stereocenters. The van der Waals surface area contributed by atoms with Gasteiger partial charge in [-0.05, 0) is 60.7 Å². The molecule has 1 aliphatic heterocycles. The van der Waals surface area contributed by atoms with Crippen molar-refractivity contribution in [3.8, 4) is 0 Å². The number of rotatable bonds is 5. The molecule has 2 aromatic rings. The van der Waals surface area contributed by atoms with Crippen molar-refractivity contribution in [2.24, 2.45) is 5.92 Å². The molecule has 2 amide bonds. The highest BCUT2D eigenvalue weighted by Crippen LogP contribution is 2.21. The van der Waals surface area contributed by atoms with Crippen LogP contribution in [0.5, 0.6) is 0 Å². The van der Waals surface area contributed by atoms with Crippen molar-refractivity contribution >= 4 is 23.2 Å². The summed E-state index contributed by atoms with van der Waals surface area (Å²) in [5, 5.41) is 7.12. The largest absolute Gasteiger partial charge is 0.353 e. The first-order valence-electron chi connectivity index (χ1n) is 9.00. The molecule has 1 unspecified atom stereocenters. The van der Waals surface area contributed by atoms with Crippen molar-refractivity contribution < 1.29 is 18.4 Å². The maximum absolute atomic E-state index is 13.8. The molecule has 0 saturated carbocycles. The Morgan fingerprint density at radius 3 is 2.63 bits per heavy atom. The highest BCUT2D eigenvalue weighted by atomic mass is 32.1. The van der Waals surface area contributed by atoms with Crippen molar-refractivity contribution in [3.63, 3.8) is 0 Å². The van der Waals surface area contributed by atoms with Crippen molar-refractivity contribution in [3.05, 3.63) is 57.8 Å². The minimum absolute atomic E-state index is 0.00205. The lowest BCUT2D eigenvalue weighted by Crippen LogP contribution is -2.45. The molecule has 0 bridgehead atoms. The van der Waals surface area contributed by atoms with Crippen LogP contribution in [0, 0.1) is 17.6 Å². The second kappa shape index (κ2) is 8.61. The summed E-state index contributed by atoms with van der Waals surface area (Å²) in [4.78, 5) is 26.4. The van der Waals surface area contributed by atoms with E-state index in [-0.39, 0.29) is 23.4 Å². The SMILES string of the molecule is CC(Cc1ccsc1)NC(=O)C1CCN(C(=O)c2ccc(F)cc2F)CC1. The minimum atomic E-state index is -0.859. The van der Waals surface area contributed by atoms with E-state index in [0.717, 1.165) is 18.6 Å². The van der Waals surface area contributed by atoms with Gasteiger partial charge in [0.1, 0.15) is 11.6 Å². The molecule has 1 N–H and O–H groups in total. The van der Waals surface area contributed by atoms with Crippen molar-refractivity contribution in [2.45, 2.75) is 32.2 Å². The fourth-order valence-electron chi connectivity index (χ4n) is 3.35. The lowest BCUT2D eigenvalue weighted by Gasteiger charge is -2.32. The molecule has 3 rings (SSSR count). The molecule has 4 nitrogen and oxygen atoms in total. The third-order valence-corrected chi connectivity index (χ3v) is 5.56. The molecule has 1 aromatic carbocycles. The number of nitrogens with one attached hydrogen (secondary N) is 1. The van der Waals surface area contributed by atoms with Gasteiger partial charge in [-0.3, -0.25) is 9.59 Å². The Balaban J connectivity index is 1.50. The van der Waals surface area contributed by atoms with Crippen molar-refractivity contribution in [1.29, 1.82) is 0 Å². The van der Waals surface area contributed by atoms with E-state index in [1.54, 1.807) is 11.3 Å². The number of amides is 2. The van der Waals surface area contributed by atoms with Crippen LogP contribution in [-0.4, -0.2) is 35.8 Å². The van der Waals surface area contributed by atoms with Crippen LogP contribution in [-0.2, 0) is 11.2 Å². The zero-order valence-corrected chi connectivity index (χ0v) is 15.9. The summed E-state index contributed by atoms with van der Waals surface area (Å²) in [7, 11) is 0. The second-order valence-electron chi connectivity index (χ2n) is 6.94. The Kier molecular flexibility index (Phi) is 6.21. The number of hydrogen-bond donors (Lipinski definition) is 1. The normalized spacial score (nSPS) is 16.2. The first-order chi connectivity index (χ1) is 12.9. The number of nitrogens with zero attached hydrogens (tertiary/aromatic N) is 1. The van der Waals surface area contributed by atoms with Crippen LogP contribution >= 0.6 is 11.3 Å². The van der Waals surface area contributed by atoms with E-state index in [2.05, 4.69) is 10.7 Å². The van der Waals surface area contributed by atoms with E-state index in [9.17, 15) is 18.4 Å². The van der Waals surface area contributed by atoms with Crippen LogP contribution < -0.4 is 5.32 Å². The van der Waals surface area contributed by atoms with E-state index in [0.29, 0.717) is 32.0 Å². The van der Waals surface area contributed by atoms with E-state index in [4.69, 9.17) is 0 Å². The maximum atomic E-state index is 13.8. The number of hydrogen-bond acceptors (Lipinski definition) is 3. The molecule has 2 heterocycles. The Labute approximate surface area is 161 Å². The molecular formula is C20H22F2N2O2S. The number of piperidine rings is 1. The van der Waals surface area contributed by atoms with Gasteiger partial charge in [-0.1, -0.05) is 0 Å². The van der Waals surface area contributed by atoms with E-state index >= 15 is 0 Å². The molecule has 1 aromatic heterocycles. The molecule has 7 heteroatoms. The van der Waals surface area contributed by atoms with Gasteiger partial charge in [-0.15, -0.1) is 0 Å². The predicted octanol–water partition coefficient (Wildman–Crippen LogP) is 3.63. The Morgan fingerprint density at radius 1 is 1.26 bits per heavy atom. The number of likely N-dealkylation sites (tertiary alicyclic amines) is 1. The standard InChI is InChI=1S/C20H22F2N2O2S/c1-13(10-14-6-9-27-12-14)23-19(25)15-4-7-24(8-5-15)20(26)17-3-2-16(21)11-18(17)22/h2-3,6,9,11-13,15H,4-5,7-8,10H2,1H3,(H,23,25). The first-order valence-corrected chi connectivity index (χ1v) is 9.94. The lowest BCUT2D eigenvalue weighted by atomic mass is 9.94. The molecule has 1 saturated heterocycles. The number of thiophene rings is 1. The number of carbonyl (C=O) groups is 2. The molecule has 1 fully saturated rings. The molecule has 0 radical (unpaired) electrons. The molecule has 0 aliphatic carbocycles. The van der Waals surface area contributed by atoms with Crippen molar-refractivity contribution in [2.75, 3.05) is 13.1 Å². The van der Waals surface area contributed by atoms with E-state index < -0.39 is 17.5 Å². The highest BCUT2D eigenvalue weighted by Gasteiger charge is 2.29. The van der Waals surface area contributed by atoms with E-state index in [1.165, 1.54) is 10.5 Å². The van der Waals surface area contributed by atoms with Gasteiger partial charge in [0.25, 0.3) is 5.91 Å². The molecule has 27 heavy (non-hydrogen) atoms. The zero-order chi connectivity index (χ0) is 19.4. The first kappa shape index (κ1) is 19.5. The monoisotopic (exact) mass is 392 g/mol. The van der Waals surface area contributed by atoms with E-state index in [1.807, 2.05) is 18.4 Å². The third-order valence-electron chi connectivity index (χ3n) is 4.83. The topological polar surface area (TPSA) is 49.4 Å². The van der Waals surface area contributed by atoms with Crippen LogP contribution in [0.4, 0.5) is 8.78 Å². The van der Waals surface area contributed by atoms with Crippen LogP contribution in [0.2, 0.25) is 0 Å². The van der Waals surface area contributed by atoms with Gasteiger partial charge in [0, 0.05) is 31.1 Å². The average molecular weight is 392 g/mol. The predicted molar refractivity (Wildman–Crippen MR) is 101 cm³/mol. The summed E-state index contributed by atoms with van der Waals surface area (Å²) >= 11 is 1.63. The molecule has 1 aliphatic rings. The summed E-state index contributed by atoms with van der Waals surface area (Å²) in [6, 6.07) is 5.04. The third kappa shape index (κ3) is 4.91. The summed E-state index contributed by atoms with van der Waals surface area (Å²) < 4.78 is 26.8. The van der Waals surface area contributed by atoms with Crippen LogP contribution in [0.1, 0.15) is 35.7 Å². The van der Waals surface area contributed by atoms with Gasteiger partial charge in [0.05, 0.1) is 5.56 Å². The fraction of sp³-hybridized carbons (Fsp3) is 0.400. The Hall–Kier alpha value is -2.28. The molecule has 0 spiro atoms. The Morgan fingerprint density at radius 2 is 2.00 bits per heavy atom. The molecule has 144 valence electrons. The highest BCUT2D eigenvalue weighted by molar-refractivity contribution is 7.07. The van der Waals surface area contributed by atoms with Crippen LogP contribution in [0.15, 0.2) is 35.0 Å². The lowest BCUT2D eigenvalue weighted by molar-refractivity contribution is -0.126. The maximum Gasteiger partial charge on any atom is 0.256 e. The number of benzene rings is 1. The summed E-state index contributed by atoms with van der Waals surface area (Å²) in [5.74, 6) is -2.19. The quantitative estimate of drug-likeness (QED) is 0.845. The smallest absolute Gasteiger partial charge is 0.256 e. The van der Waals surface area contributed by atoms with Gasteiger partial charge < -0.3 is 10.2 Å². The van der Waals surface area contributed by atoms with Gasteiger partial charge in [-0.25, -0.2) is 8.78 Å². The Bertz CT molecular complexity index is 802. The average Bonchev–Trinajstić information content (AvgIpc) is 3.14. The van der Waals surface area contributed by atoms with Gasteiger partial charge in [0.15, 0.2) is 0 Å². The van der Waals surface area contributed by atoms with Crippen molar-refractivity contribution in [1.82, 2.24) is 10.2 Å². The van der Waals surface area contributed by atoms with Gasteiger partial charge in [-0.2, -0.15) is 11.3 Å². The number of halogens is 2. The summed E-state index contributed by atoms with van der Waals surface area (Å²) in [5.41, 5.74) is 1.07. The van der Waals surface area contributed by atoms with Crippen LogP contribution in [0.3, 0.4) is 0 Å². The molecular weight excluding hydrogens is 370 g/mol. The fourth-order valence-corrected chi connectivity index (χ4v) is 4.03. The minimum Gasteiger partial charge on any atom is -0.353 e. The van der Waals surface area contributed by atoms with Crippen LogP contribution in [0.25, 0.3) is 0 Å². The van der Waals surface area contributed by atoms with Gasteiger partial charge in [0.2, 0.25) is 5.91 Å². The zero-order valence-electron chi connectivity index (χ0n) is 15.1. The second-order valence-corrected chi connectivity index (χ2v) is 7.72. The van der Waals surface area contributed by atoms with Gasteiger partial charge >= 0.3 is 0 Å². The number of carbonyl (C=O) groups excluding carboxylic acids is 2. The summed E-state index contributed by atoms with van der Waals surface area (Å²) in [6.07, 6.45) is 1.85. The summed E-state index contributed by atoms with van der Waals surface area (Å²) in [6.45, 7) is 2.74.